The van der Waals surface area contributed by atoms with E-state index in [9.17, 15) is 35.6 Å². The highest BCUT2D eigenvalue weighted by atomic mass is 32.2. The van der Waals surface area contributed by atoms with Crippen molar-refractivity contribution in [3.05, 3.63) is 48.3 Å². The molecule has 2 aromatic carbocycles. The van der Waals surface area contributed by atoms with Gasteiger partial charge in [-0.25, -0.2) is 17.6 Å². The highest BCUT2D eigenvalue weighted by Gasteiger charge is 2.51. The van der Waals surface area contributed by atoms with Crippen LogP contribution in [0.5, 0.6) is 5.75 Å². The monoisotopic (exact) mass is 575 g/mol. The van der Waals surface area contributed by atoms with Gasteiger partial charge in [0.2, 0.25) is 11.5 Å². The Labute approximate surface area is 221 Å². The van der Waals surface area contributed by atoms with Crippen molar-refractivity contribution in [2.75, 3.05) is 35.9 Å². The molecule has 15 heteroatoms. The van der Waals surface area contributed by atoms with Crippen LogP contribution in [0.3, 0.4) is 0 Å². The van der Waals surface area contributed by atoms with Gasteiger partial charge < -0.3 is 19.5 Å². The van der Waals surface area contributed by atoms with Gasteiger partial charge in [-0.3, -0.25) is 14.4 Å². The Hall–Kier alpha value is -3.59. The van der Waals surface area contributed by atoms with Gasteiger partial charge in [-0.2, -0.15) is 13.2 Å². The third-order valence-corrected chi connectivity index (χ3v) is 7.88. The van der Waals surface area contributed by atoms with Crippen molar-refractivity contribution in [2.24, 2.45) is 5.92 Å². The minimum Gasteiger partial charge on any atom is -0.484 e. The van der Waals surface area contributed by atoms with Crippen molar-refractivity contribution < 1.29 is 49.8 Å². The molecule has 1 saturated heterocycles. The van der Waals surface area contributed by atoms with Crippen LogP contribution >= 0.6 is 0 Å². The molecule has 0 saturated carbocycles. The molecule has 2 amide bonds. The highest BCUT2D eigenvalue weighted by molar-refractivity contribution is 7.92. The highest BCUT2D eigenvalue weighted by Crippen LogP contribution is 2.39. The van der Waals surface area contributed by atoms with Gasteiger partial charge in [0.05, 0.1) is 42.8 Å². The molecule has 2 N–H and O–H groups in total. The van der Waals surface area contributed by atoms with E-state index in [-0.39, 0.29) is 60.1 Å². The second kappa shape index (κ2) is 10.5. The molecule has 4 rings (SSSR count). The molecule has 0 radical (unpaired) electrons. The summed E-state index contributed by atoms with van der Waals surface area (Å²) in [6.07, 6.45) is -7.07. The number of rotatable bonds is 7. The number of hydrogen-bond acceptors (Lipinski definition) is 7. The predicted molar refractivity (Wildman–Crippen MR) is 129 cm³/mol. The lowest BCUT2D eigenvalue weighted by atomic mass is 10.1. The number of amides is 2. The fourth-order valence-corrected chi connectivity index (χ4v) is 5.13. The number of benzene rings is 2. The number of anilines is 2. The number of carbonyl (C=O) groups is 2. The van der Waals surface area contributed by atoms with E-state index in [0.29, 0.717) is 13.8 Å². The molecule has 1 atom stereocenters. The van der Waals surface area contributed by atoms with Crippen molar-refractivity contribution in [3.63, 3.8) is 0 Å². The molecule has 2 aliphatic rings. The fourth-order valence-electron chi connectivity index (χ4n) is 3.64. The molecule has 212 valence electrons. The van der Waals surface area contributed by atoms with Gasteiger partial charge in [-0.05, 0) is 56.3 Å². The molecule has 0 aromatic heterocycles. The summed E-state index contributed by atoms with van der Waals surface area (Å²) >= 11 is 0. The molecule has 2 aromatic rings. The van der Waals surface area contributed by atoms with E-state index in [1.54, 1.807) is 0 Å². The number of hydrogen-bond donors (Lipinski definition) is 2. The summed E-state index contributed by atoms with van der Waals surface area (Å²) in [7, 11) is -4.31. The lowest BCUT2D eigenvalue weighted by Crippen LogP contribution is -2.50. The molecule has 0 bridgehead atoms. The first-order valence-corrected chi connectivity index (χ1v) is 13.1. The van der Waals surface area contributed by atoms with Crippen LogP contribution in [0.15, 0.2) is 47.4 Å². The van der Waals surface area contributed by atoms with Gasteiger partial charge in [-0.1, -0.05) is 0 Å². The van der Waals surface area contributed by atoms with E-state index in [0.717, 1.165) is 28.6 Å². The van der Waals surface area contributed by atoms with Crippen LogP contribution in [-0.2, 0) is 24.3 Å². The third kappa shape index (κ3) is 6.19. The first-order valence-electron chi connectivity index (χ1n) is 11.7. The summed E-state index contributed by atoms with van der Waals surface area (Å²) in [5, 5.41) is 4.85. The zero-order valence-electron chi connectivity index (χ0n) is 20.7. The first kappa shape index (κ1) is 28.4. The topological polar surface area (TPSA) is 123 Å². The van der Waals surface area contributed by atoms with Gasteiger partial charge in [0.25, 0.3) is 10.0 Å². The molecule has 1 fully saturated rings. The number of carbonyl (C=O) groups excluding carboxylic acids is 2. The van der Waals surface area contributed by atoms with Crippen LogP contribution in [0.4, 0.5) is 33.7 Å². The predicted octanol–water partition coefficient (Wildman–Crippen LogP) is 3.43. The Balaban J connectivity index is 1.60. The Morgan fingerprint density at radius 1 is 1.10 bits per heavy atom. The van der Waals surface area contributed by atoms with E-state index >= 15 is 0 Å². The summed E-state index contributed by atoms with van der Waals surface area (Å²) in [5.41, 5.74) is -2.89. The van der Waals surface area contributed by atoms with Crippen LogP contribution in [0.2, 0.25) is 0 Å². The van der Waals surface area contributed by atoms with Gasteiger partial charge >= 0.3 is 12.3 Å². The van der Waals surface area contributed by atoms with E-state index in [2.05, 4.69) is 15.4 Å². The Bertz CT molecular complexity index is 1350. The number of halogens is 4. The quantitative estimate of drug-likeness (QED) is 0.485. The maximum Gasteiger partial charge on any atom is 0.427 e. The summed E-state index contributed by atoms with van der Waals surface area (Å²) in [6.45, 7) is 1.61. The molecule has 2 aliphatic heterocycles. The molecule has 0 spiro atoms. The van der Waals surface area contributed by atoms with Crippen molar-refractivity contribution >= 4 is 33.4 Å². The third-order valence-electron chi connectivity index (χ3n) is 6.08. The number of nitrogens with zero attached hydrogens (tertiary/aromatic N) is 1. The average molecular weight is 576 g/mol. The minimum absolute atomic E-state index is 0.0386. The Morgan fingerprint density at radius 2 is 1.77 bits per heavy atom. The second-order valence-corrected chi connectivity index (χ2v) is 11.3. The van der Waals surface area contributed by atoms with Crippen molar-refractivity contribution in [1.82, 2.24) is 5.32 Å². The van der Waals surface area contributed by atoms with Crippen LogP contribution in [0.1, 0.15) is 13.8 Å². The Morgan fingerprint density at radius 3 is 2.36 bits per heavy atom. The molecule has 39 heavy (non-hydrogen) atoms. The van der Waals surface area contributed by atoms with E-state index < -0.39 is 39.8 Å². The molecular weight excluding hydrogens is 550 g/mol. The fraction of sp³-hybridized carbons (Fsp3) is 0.417. The van der Waals surface area contributed by atoms with Crippen molar-refractivity contribution in [1.29, 1.82) is 0 Å². The van der Waals surface area contributed by atoms with E-state index in [1.165, 1.54) is 18.2 Å². The van der Waals surface area contributed by atoms with Gasteiger partial charge in [0.15, 0.2) is 0 Å². The number of nitrogens with one attached hydrogen (secondary N) is 2. The normalized spacial score (nSPS) is 17.9. The van der Waals surface area contributed by atoms with Gasteiger partial charge in [-0.15, -0.1) is 0 Å². The number of fused-ring (bicyclic) bond motifs is 1. The summed E-state index contributed by atoms with van der Waals surface area (Å²) < 4.78 is 96.2. The summed E-state index contributed by atoms with van der Waals surface area (Å²) in [6, 6.07) is 7.90. The van der Waals surface area contributed by atoms with Crippen LogP contribution in [0, 0.1) is 11.7 Å². The maximum absolute atomic E-state index is 13.5. The maximum atomic E-state index is 13.5. The van der Waals surface area contributed by atoms with Crippen LogP contribution in [0.25, 0.3) is 0 Å². The standard InChI is InChI=1S/C24H25F4N3O7S/c1-23(2,24(26,27)28)38-22(33)30-16-5-8-20-19(9-16)31(39(34,35)18-6-3-15(25)4-7-18)11-17(37-20)10-29-21(32)14-12-36-13-14/h3-9,14,17H,10-13H2,1-2H3,(H,29,32)(H,30,33)/t17-/m0/s1. The van der Waals surface area contributed by atoms with Gasteiger partial charge in [0.1, 0.15) is 17.7 Å². The van der Waals surface area contributed by atoms with E-state index in [4.69, 9.17) is 9.47 Å². The first-order chi connectivity index (χ1) is 18.2. The molecule has 2 heterocycles. The van der Waals surface area contributed by atoms with Crippen LogP contribution in [-0.4, -0.2) is 64.6 Å². The van der Waals surface area contributed by atoms with Crippen LogP contribution < -0.4 is 19.7 Å². The summed E-state index contributed by atoms with van der Waals surface area (Å²) in [4.78, 5) is 24.2. The lowest BCUT2D eigenvalue weighted by molar-refractivity contribution is -0.242. The summed E-state index contributed by atoms with van der Waals surface area (Å²) in [5.74, 6) is -1.17. The SMILES string of the molecule is CC(C)(OC(=O)Nc1ccc2c(c1)N(S(=O)(=O)c1ccc(F)cc1)C[C@H](CNC(=O)C1COC1)O2)C(F)(F)F. The lowest BCUT2D eigenvalue weighted by Gasteiger charge is -2.36. The largest absolute Gasteiger partial charge is 0.484 e. The number of ether oxygens (including phenoxy) is 3. The number of alkyl halides is 3. The zero-order valence-corrected chi connectivity index (χ0v) is 21.6. The molecular formula is C24H25F4N3O7S. The molecule has 0 aliphatic carbocycles. The minimum atomic E-state index is -4.83. The second-order valence-electron chi connectivity index (χ2n) is 9.41. The molecule has 10 nitrogen and oxygen atoms in total. The Kier molecular flexibility index (Phi) is 7.67. The van der Waals surface area contributed by atoms with E-state index in [1.807, 2.05) is 0 Å². The average Bonchev–Trinajstić information content (AvgIpc) is 2.80. The van der Waals surface area contributed by atoms with Crippen molar-refractivity contribution in [3.8, 4) is 5.75 Å². The number of sulfonamides is 1. The zero-order chi connectivity index (χ0) is 28.6. The smallest absolute Gasteiger partial charge is 0.427 e. The van der Waals surface area contributed by atoms with Crippen molar-refractivity contribution in [2.45, 2.75) is 36.6 Å². The molecule has 0 unspecified atom stereocenters. The van der Waals surface area contributed by atoms with Gasteiger partial charge in [0, 0.05) is 5.69 Å².